The Morgan fingerprint density at radius 3 is 2.56 bits per heavy atom. The van der Waals surface area contributed by atoms with E-state index in [9.17, 15) is 9.67 Å². The molecule has 0 heterocycles. The lowest BCUT2D eigenvalue weighted by Crippen LogP contribution is -2.02. The zero-order valence-corrected chi connectivity index (χ0v) is 11.9. The molecule has 1 N–H and O–H groups in total. The molecule has 0 aliphatic carbocycles. The van der Waals surface area contributed by atoms with Crippen LogP contribution in [0.1, 0.15) is 31.7 Å². The minimum Gasteiger partial charge on any atom is -0.386 e. The lowest BCUT2D eigenvalue weighted by Gasteiger charge is -2.15. The summed E-state index contributed by atoms with van der Waals surface area (Å²) in [4.78, 5) is 0. The van der Waals surface area contributed by atoms with Gasteiger partial charge >= 0.3 is 0 Å². The molecular formula is C14H23O3P. The van der Waals surface area contributed by atoms with Gasteiger partial charge in [-0.1, -0.05) is 43.7 Å². The Morgan fingerprint density at radius 1 is 1.22 bits per heavy atom. The third-order valence-electron chi connectivity index (χ3n) is 2.85. The van der Waals surface area contributed by atoms with Crippen LogP contribution in [0.15, 0.2) is 30.3 Å². The molecule has 1 aromatic carbocycles. The summed E-state index contributed by atoms with van der Waals surface area (Å²) in [7, 11) is -2.81. The van der Waals surface area contributed by atoms with E-state index in [1.165, 1.54) is 5.56 Å². The van der Waals surface area contributed by atoms with E-state index in [-0.39, 0.29) is 6.35 Å². The van der Waals surface area contributed by atoms with E-state index in [1.807, 2.05) is 18.2 Å². The minimum atomic E-state index is -2.81. The van der Waals surface area contributed by atoms with Gasteiger partial charge in [0.05, 0.1) is 6.61 Å². The van der Waals surface area contributed by atoms with E-state index in [0.717, 1.165) is 25.7 Å². The largest absolute Gasteiger partial charge is 0.386 e. The van der Waals surface area contributed by atoms with Crippen molar-refractivity contribution in [2.45, 2.75) is 32.6 Å². The summed E-state index contributed by atoms with van der Waals surface area (Å²) < 4.78 is 17.5. The molecule has 0 spiro atoms. The summed E-state index contributed by atoms with van der Waals surface area (Å²) in [6.07, 6.45) is 3.68. The summed E-state index contributed by atoms with van der Waals surface area (Å²) in [6.45, 7) is 2.54. The van der Waals surface area contributed by atoms with E-state index in [2.05, 4.69) is 19.1 Å². The van der Waals surface area contributed by atoms with Gasteiger partial charge in [-0.2, -0.15) is 0 Å². The molecule has 4 heteroatoms. The fraction of sp³-hybridized carbons (Fsp3) is 0.571. The molecule has 18 heavy (non-hydrogen) atoms. The van der Waals surface area contributed by atoms with Crippen LogP contribution in [0.25, 0.3) is 0 Å². The molecule has 0 saturated carbocycles. The average Bonchev–Trinajstić information content (AvgIpc) is 2.40. The molecule has 0 bridgehead atoms. The summed E-state index contributed by atoms with van der Waals surface area (Å²) in [5, 5.41) is 9.19. The van der Waals surface area contributed by atoms with Crippen LogP contribution in [0.5, 0.6) is 0 Å². The number of aryl methyl sites for hydroxylation is 1. The van der Waals surface area contributed by atoms with Crippen molar-refractivity contribution < 1.29 is 14.2 Å². The Balaban J connectivity index is 2.32. The van der Waals surface area contributed by atoms with Gasteiger partial charge in [-0.05, 0) is 24.8 Å². The first-order chi connectivity index (χ1) is 8.70. The first kappa shape index (κ1) is 15.4. The Labute approximate surface area is 110 Å². The molecule has 0 fully saturated rings. The Kier molecular flexibility index (Phi) is 7.26. The van der Waals surface area contributed by atoms with Gasteiger partial charge in [0, 0.05) is 6.16 Å². The normalized spacial score (nSPS) is 14.3. The maximum Gasteiger partial charge on any atom is 0.227 e. The first-order valence-electron chi connectivity index (χ1n) is 6.57. The molecule has 1 aromatic rings. The first-order valence-corrected chi connectivity index (χ1v) is 8.57. The lowest BCUT2D eigenvalue weighted by atomic mass is 10.1. The van der Waals surface area contributed by atoms with E-state index < -0.39 is 7.37 Å². The number of aliphatic hydroxyl groups is 1. The van der Waals surface area contributed by atoms with Gasteiger partial charge < -0.3 is 9.63 Å². The van der Waals surface area contributed by atoms with Crippen LogP contribution in [-0.4, -0.2) is 24.2 Å². The second kappa shape index (κ2) is 8.47. The fourth-order valence-electron chi connectivity index (χ4n) is 1.72. The van der Waals surface area contributed by atoms with Crippen LogP contribution in [0.2, 0.25) is 0 Å². The van der Waals surface area contributed by atoms with Crippen LogP contribution >= 0.6 is 7.37 Å². The van der Waals surface area contributed by atoms with Gasteiger partial charge in [-0.3, -0.25) is 4.57 Å². The van der Waals surface area contributed by atoms with Crippen LogP contribution in [-0.2, 0) is 15.5 Å². The molecule has 1 unspecified atom stereocenters. The van der Waals surface area contributed by atoms with Gasteiger partial charge in [0.1, 0.15) is 6.35 Å². The van der Waals surface area contributed by atoms with Gasteiger partial charge in [0.25, 0.3) is 0 Å². The molecule has 0 aliphatic rings. The fourth-order valence-corrected chi connectivity index (χ4v) is 3.17. The van der Waals surface area contributed by atoms with E-state index in [1.54, 1.807) is 0 Å². The second-order valence-corrected chi connectivity index (χ2v) is 7.07. The van der Waals surface area contributed by atoms with Crippen LogP contribution in [0.3, 0.4) is 0 Å². The number of hydrogen-bond donors (Lipinski definition) is 1. The summed E-state index contributed by atoms with van der Waals surface area (Å²) in [5.41, 5.74) is 1.23. The van der Waals surface area contributed by atoms with Crippen molar-refractivity contribution in [1.82, 2.24) is 0 Å². The molecule has 0 saturated heterocycles. The van der Waals surface area contributed by atoms with Crippen molar-refractivity contribution in [2.24, 2.45) is 0 Å². The van der Waals surface area contributed by atoms with E-state index in [0.29, 0.717) is 12.8 Å². The van der Waals surface area contributed by atoms with Crippen molar-refractivity contribution in [3.8, 4) is 0 Å². The highest BCUT2D eigenvalue weighted by Crippen LogP contribution is 2.46. The highest BCUT2D eigenvalue weighted by atomic mass is 31.2. The standard InChI is InChI=1S/C14H23O3P/c1-2-3-11-17-18(16,13-15)12-7-10-14-8-5-4-6-9-14/h4-6,8-9,15H,2-3,7,10-13H2,1H3. The van der Waals surface area contributed by atoms with Gasteiger partial charge in [0.15, 0.2) is 0 Å². The molecule has 0 aliphatic heterocycles. The number of unbranched alkanes of at least 4 members (excludes halogenated alkanes) is 1. The van der Waals surface area contributed by atoms with Gasteiger partial charge in [-0.15, -0.1) is 0 Å². The summed E-state index contributed by atoms with van der Waals surface area (Å²) >= 11 is 0. The third-order valence-corrected chi connectivity index (χ3v) is 4.93. The molecule has 0 aromatic heterocycles. The Hall–Kier alpha value is -0.630. The number of aliphatic hydroxyl groups excluding tert-OH is 1. The van der Waals surface area contributed by atoms with Crippen molar-refractivity contribution >= 4 is 7.37 Å². The maximum absolute atomic E-state index is 12.2. The number of benzene rings is 1. The molecule has 102 valence electrons. The SMILES string of the molecule is CCCCOP(=O)(CO)CCCc1ccccc1. The molecule has 0 amide bonds. The molecule has 1 rings (SSSR count). The number of hydrogen-bond acceptors (Lipinski definition) is 3. The lowest BCUT2D eigenvalue weighted by molar-refractivity contribution is 0.268. The summed E-state index contributed by atoms with van der Waals surface area (Å²) in [6, 6.07) is 10.1. The average molecular weight is 270 g/mol. The third kappa shape index (κ3) is 5.81. The van der Waals surface area contributed by atoms with Crippen LogP contribution in [0.4, 0.5) is 0 Å². The van der Waals surface area contributed by atoms with Crippen molar-refractivity contribution in [2.75, 3.05) is 19.1 Å². The van der Waals surface area contributed by atoms with Crippen LogP contribution < -0.4 is 0 Å². The smallest absolute Gasteiger partial charge is 0.227 e. The zero-order valence-electron chi connectivity index (χ0n) is 11.0. The van der Waals surface area contributed by atoms with E-state index >= 15 is 0 Å². The molecular weight excluding hydrogens is 247 g/mol. The maximum atomic E-state index is 12.2. The highest BCUT2D eigenvalue weighted by molar-refractivity contribution is 7.58. The second-order valence-electron chi connectivity index (χ2n) is 4.46. The Morgan fingerprint density at radius 2 is 1.94 bits per heavy atom. The molecule has 0 radical (unpaired) electrons. The molecule has 1 atom stereocenters. The van der Waals surface area contributed by atoms with E-state index in [4.69, 9.17) is 4.52 Å². The monoisotopic (exact) mass is 270 g/mol. The topological polar surface area (TPSA) is 46.5 Å². The number of rotatable bonds is 9. The quantitative estimate of drug-likeness (QED) is 0.550. The zero-order chi connectivity index (χ0) is 13.3. The predicted octanol–water partition coefficient (Wildman–Crippen LogP) is 3.66. The van der Waals surface area contributed by atoms with Crippen molar-refractivity contribution in [1.29, 1.82) is 0 Å². The highest BCUT2D eigenvalue weighted by Gasteiger charge is 2.20. The van der Waals surface area contributed by atoms with Gasteiger partial charge in [-0.25, -0.2) is 0 Å². The summed E-state index contributed by atoms with van der Waals surface area (Å²) in [5.74, 6) is 0. The molecule has 3 nitrogen and oxygen atoms in total. The van der Waals surface area contributed by atoms with Crippen LogP contribution in [0, 0.1) is 0 Å². The predicted molar refractivity (Wildman–Crippen MR) is 75.2 cm³/mol. The minimum absolute atomic E-state index is 0.342. The van der Waals surface area contributed by atoms with Crippen molar-refractivity contribution in [3.05, 3.63) is 35.9 Å². The van der Waals surface area contributed by atoms with Crippen molar-refractivity contribution in [3.63, 3.8) is 0 Å². The Bertz CT molecular complexity index is 365. The van der Waals surface area contributed by atoms with Gasteiger partial charge in [0.2, 0.25) is 7.37 Å².